The number of allylic oxidation sites excluding steroid dienone is 2. The Balaban J connectivity index is 1.21. The fraction of sp³-hybridized carbons (Fsp3) is 0.607. The van der Waals surface area contributed by atoms with Crippen molar-refractivity contribution >= 4 is 11.5 Å². The van der Waals surface area contributed by atoms with E-state index in [0.717, 1.165) is 62.3 Å². The number of pyridine rings is 1. The van der Waals surface area contributed by atoms with E-state index in [1.165, 1.54) is 24.0 Å². The third-order valence-corrected chi connectivity index (χ3v) is 8.04. The van der Waals surface area contributed by atoms with Gasteiger partial charge in [-0.1, -0.05) is 38.1 Å². The molecule has 2 aromatic heterocycles. The molecule has 1 atom stereocenters. The maximum absolute atomic E-state index is 13.3. The van der Waals surface area contributed by atoms with Crippen LogP contribution in [0.1, 0.15) is 107 Å². The molecule has 1 unspecified atom stereocenters. The van der Waals surface area contributed by atoms with E-state index >= 15 is 0 Å². The molecular weight excluding hydrogens is 410 g/mol. The maximum atomic E-state index is 13.3. The first-order valence-electron chi connectivity index (χ1n) is 12.8. The van der Waals surface area contributed by atoms with Gasteiger partial charge < -0.3 is 9.42 Å². The minimum atomic E-state index is 0.00709. The molecule has 176 valence electrons. The van der Waals surface area contributed by atoms with Crippen molar-refractivity contribution in [1.82, 2.24) is 15.0 Å². The van der Waals surface area contributed by atoms with E-state index in [1.807, 2.05) is 6.20 Å². The Hall–Kier alpha value is -2.43. The molecule has 0 spiro atoms. The van der Waals surface area contributed by atoms with Crippen LogP contribution in [-0.2, 0) is 10.2 Å². The fourth-order valence-corrected chi connectivity index (χ4v) is 5.41. The summed E-state index contributed by atoms with van der Waals surface area (Å²) in [6.45, 7) is 8.22. The van der Waals surface area contributed by atoms with Crippen molar-refractivity contribution in [3.8, 4) is 0 Å². The lowest BCUT2D eigenvalue weighted by molar-refractivity contribution is -0.133. The van der Waals surface area contributed by atoms with Gasteiger partial charge in [0.1, 0.15) is 5.76 Å². The number of likely N-dealkylation sites (tertiary alicyclic amines) is 1. The first-order chi connectivity index (χ1) is 15.9. The molecule has 0 bridgehead atoms. The van der Waals surface area contributed by atoms with Gasteiger partial charge >= 0.3 is 0 Å². The molecule has 1 aliphatic heterocycles. The highest BCUT2D eigenvalue weighted by molar-refractivity contribution is 5.80. The normalized spacial score (nSPS) is 23.0. The van der Waals surface area contributed by atoms with E-state index in [9.17, 15) is 4.79 Å². The summed E-state index contributed by atoms with van der Waals surface area (Å²) in [4.78, 5) is 20.0. The summed E-state index contributed by atoms with van der Waals surface area (Å²) < 4.78 is 5.61. The molecule has 2 fully saturated rings. The largest absolute Gasteiger partial charge is 0.361 e. The van der Waals surface area contributed by atoms with Crippen molar-refractivity contribution in [1.29, 1.82) is 0 Å². The zero-order valence-electron chi connectivity index (χ0n) is 20.3. The number of amides is 1. The van der Waals surface area contributed by atoms with Gasteiger partial charge in [0, 0.05) is 48.8 Å². The van der Waals surface area contributed by atoms with E-state index in [2.05, 4.69) is 60.1 Å². The van der Waals surface area contributed by atoms with E-state index in [0.29, 0.717) is 30.1 Å². The van der Waals surface area contributed by atoms with Crippen LogP contribution in [0.15, 0.2) is 35.0 Å². The predicted molar refractivity (Wildman–Crippen MR) is 130 cm³/mol. The lowest BCUT2D eigenvalue weighted by Gasteiger charge is -2.39. The average Bonchev–Trinajstić information content (AvgIpc) is 3.55. The van der Waals surface area contributed by atoms with E-state index in [-0.39, 0.29) is 5.41 Å². The highest BCUT2D eigenvalue weighted by Gasteiger charge is 2.38. The Kier molecular flexibility index (Phi) is 6.15. The van der Waals surface area contributed by atoms with Gasteiger partial charge in [0.2, 0.25) is 5.91 Å². The van der Waals surface area contributed by atoms with Crippen LogP contribution in [0.25, 0.3) is 5.57 Å². The number of aromatic nitrogens is 2. The first kappa shape index (κ1) is 22.4. The van der Waals surface area contributed by atoms with Gasteiger partial charge in [0.15, 0.2) is 0 Å². The van der Waals surface area contributed by atoms with E-state index in [4.69, 9.17) is 4.52 Å². The summed E-state index contributed by atoms with van der Waals surface area (Å²) in [5.74, 6) is 2.66. The van der Waals surface area contributed by atoms with E-state index < -0.39 is 0 Å². The Morgan fingerprint density at radius 2 is 2.00 bits per heavy atom. The molecule has 5 rings (SSSR count). The van der Waals surface area contributed by atoms with Gasteiger partial charge in [-0.05, 0) is 74.0 Å². The molecule has 3 heterocycles. The van der Waals surface area contributed by atoms with Gasteiger partial charge in [0.25, 0.3) is 0 Å². The summed E-state index contributed by atoms with van der Waals surface area (Å²) in [7, 11) is 0. The second-order valence-corrected chi connectivity index (χ2v) is 10.9. The SMILES string of the molecule is CC(C)c1ccc(C2=CCCCC2CC(=O)N2CCC(C)(c3cc(C4CC4)on3)CC2)cn1. The lowest BCUT2D eigenvalue weighted by Crippen LogP contribution is -2.44. The lowest BCUT2D eigenvalue weighted by atomic mass is 9.77. The highest BCUT2D eigenvalue weighted by atomic mass is 16.5. The molecule has 5 heteroatoms. The van der Waals surface area contributed by atoms with Crippen LogP contribution in [0.5, 0.6) is 0 Å². The third kappa shape index (κ3) is 4.78. The smallest absolute Gasteiger partial charge is 0.223 e. The van der Waals surface area contributed by atoms with Crippen LogP contribution in [0.3, 0.4) is 0 Å². The fourth-order valence-electron chi connectivity index (χ4n) is 5.41. The quantitative estimate of drug-likeness (QED) is 0.527. The van der Waals surface area contributed by atoms with Crippen LogP contribution in [0.4, 0.5) is 0 Å². The summed E-state index contributed by atoms with van der Waals surface area (Å²) in [6, 6.07) is 6.50. The predicted octanol–water partition coefficient (Wildman–Crippen LogP) is 6.22. The van der Waals surface area contributed by atoms with Crippen molar-refractivity contribution in [3.63, 3.8) is 0 Å². The molecule has 0 N–H and O–H groups in total. The van der Waals surface area contributed by atoms with Gasteiger partial charge in [-0.15, -0.1) is 0 Å². The number of carbonyl (C=O) groups excluding carboxylic acids is 1. The summed E-state index contributed by atoms with van der Waals surface area (Å²) >= 11 is 0. The summed E-state index contributed by atoms with van der Waals surface area (Å²) in [6.07, 6.45) is 12.6. The Morgan fingerprint density at radius 3 is 2.67 bits per heavy atom. The molecule has 33 heavy (non-hydrogen) atoms. The number of hydrogen-bond acceptors (Lipinski definition) is 4. The molecule has 0 aromatic carbocycles. The Labute approximate surface area is 197 Å². The first-order valence-corrected chi connectivity index (χ1v) is 12.8. The van der Waals surface area contributed by atoms with Crippen molar-refractivity contribution in [2.45, 2.75) is 89.4 Å². The maximum Gasteiger partial charge on any atom is 0.223 e. The molecule has 3 aliphatic rings. The number of hydrogen-bond donors (Lipinski definition) is 0. The van der Waals surface area contributed by atoms with Gasteiger partial charge in [-0.25, -0.2) is 0 Å². The Morgan fingerprint density at radius 1 is 1.21 bits per heavy atom. The molecule has 2 aliphatic carbocycles. The number of piperidine rings is 1. The number of carbonyl (C=O) groups is 1. The monoisotopic (exact) mass is 447 g/mol. The van der Waals surface area contributed by atoms with Gasteiger partial charge in [-0.3, -0.25) is 9.78 Å². The third-order valence-electron chi connectivity index (χ3n) is 8.04. The minimum Gasteiger partial charge on any atom is -0.361 e. The number of rotatable bonds is 6. The zero-order chi connectivity index (χ0) is 23.0. The topological polar surface area (TPSA) is 59.2 Å². The van der Waals surface area contributed by atoms with Gasteiger partial charge in [0.05, 0.1) is 5.69 Å². The van der Waals surface area contributed by atoms with Crippen molar-refractivity contribution in [3.05, 3.63) is 53.2 Å². The van der Waals surface area contributed by atoms with Crippen molar-refractivity contribution in [2.24, 2.45) is 5.92 Å². The average molecular weight is 448 g/mol. The zero-order valence-corrected chi connectivity index (χ0v) is 20.3. The van der Waals surface area contributed by atoms with E-state index in [1.54, 1.807) is 0 Å². The van der Waals surface area contributed by atoms with Crippen molar-refractivity contribution in [2.75, 3.05) is 13.1 Å². The molecule has 0 radical (unpaired) electrons. The van der Waals surface area contributed by atoms with Crippen molar-refractivity contribution < 1.29 is 9.32 Å². The standard InChI is InChI=1S/C28H37N3O2/c1-19(2)24-11-10-22(18-29-24)23-7-5-4-6-21(23)16-27(32)31-14-12-28(3,13-15-31)26-17-25(33-30-26)20-8-9-20/h7,10-11,17-21H,4-6,8-9,12-16H2,1-3H3. The number of nitrogens with zero attached hydrogens (tertiary/aromatic N) is 3. The van der Waals surface area contributed by atoms with Gasteiger partial charge in [-0.2, -0.15) is 0 Å². The van der Waals surface area contributed by atoms with Crippen LogP contribution in [0, 0.1) is 5.92 Å². The molecule has 1 saturated heterocycles. The van der Waals surface area contributed by atoms with Crippen LogP contribution in [-0.4, -0.2) is 34.0 Å². The summed E-state index contributed by atoms with van der Waals surface area (Å²) in [5, 5.41) is 4.40. The van der Waals surface area contributed by atoms with Crippen LogP contribution in [0.2, 0.25) is 0 Å². The summed E-state index contributed by atoms with van der Waals surface area (Å²) in [5.41, 5.74) is 4.70. The second kappa shape index (κ2) is 9.08. The molecule has 1 amide bonds. The molecule has 2 aromatic rings. The highest BCUT2D eigenvalue weighted by Crippen LogP contribution is 2.43. The van der Waals surface area contributed by atoms with Crippen LogP contribution >= 0.6 is 0 Å². The van der Waals surface area contributed by atoms with Crippen LogP contribution < -0.4 is 0 Å². The minimum absolute atomic E-state index is 0.00709. The molecule has 5 nitrogen and oxygen atoms in total. The second-order valence-electron chi connectivity index (χ2n) is 10.9. The Bertz CT molecular complexity index is 1010. The molecule has 1 saturated carbocycles. The molecular formula is C28H37N3O2.